The number of aliphatic hydroxyl groups is 1. The minimum absolute atomic E-state index is 0.203. The van der Waals surface area contributed by atoms with Crippen molar-refractivity contribution < 1.29 is 19.4 Å². The van der Waals surface area contributed by atoms with Gasteiger partial charge >= 0.3 is 6.09 Å². The molecule has 0 bridgehead atoms. The molecule has 4 aromatic heterocycles. The zero-order valence-electron chi connectivity index (χ0n) is 24.7. The summed E-state index contributed by atoms with van der Waals surface area (Å²) in [6.07, 6.45) is 4.35. The van der Waals surface area contributed by atoms with Crippen LogP contribution in [0.4, 0.5) is 22.1 Å². The summed E-state index contributed by atoms with van der Waals surface area (Å²) < 4.78 is 14.1. The van der Waals surface area contributed by atoms with Gasteiger partial charge in [-0.2, -0.15) is 5.10 Å². The Morgan fingerprint density at radius 2 is 1.95 bits per heavy atom. The zero-order chi connectivity index (χ0) is 31.0. The second-order valence-electron chi connectivity index (χ2n) is 11.5. The third-order valence-corrected chi connectivity index (χ3v) is 7.67. The number of hydrogen-bond acceptors (Lipinski definition) is 11. The van der Waals surface area contributed by atoms with E-state index in [1.807, 2.05) is 69.0 Å². The summed E-state index contributed by atoms with van der Waals surface area (Å²) in [5.74, 6) is 2.58. The number of carbonyl (C=O) groups excluding carboxylic acids is 1. The van der Waals surface area contributed by atoms with Crippen LogP contribution >= 0.6 is 15.9 Å². The van der Waals surface area contributed by atoms with Crippen LogP contribution in [0.5, 0.6) is 11.5 Å². The lowest BCUT2D eigenvalue weighted by Gasteiger charge is -2.41. The lowest BCUT2D eigenvalue weighted by Crippen LogP contribution is -2.57. The molecule has 0 unspecified atom stereocenters. The molecule has 5 heterocycles. The summed E-state index contributed by atoms with van der Waals surface area (Å²) in [6, 6.07) is 10.9. The quantitative estimate of drug-likeness (QED) is 0.251. The average Bonchev–Trinajstić information content (AvgIpc) is 3.45. The lowest BCUT2D eigenvalue weighted by molar-refractivity contribution is 0.00698. The maximum absolute atomic E-state index is 12.8. The Kier molecular flexibility index (Phi) is 7.95. The maximum Gasteiger partial charge on any atom is 0.410 e. The number of amides is 1. The standard InChI is InChI=1S/C30H32BrN9O4/c1-18-11-19(5-6-24(18)43-21-7-8-40-25(12-21)33-17-35-40)36-27-26-23(32-16-34-27)13-22(31)28(37-26)38-9-10-39(20(14-38)15-41)29(42)44-30(2,3)4/h5-8,11-13,16-17,20,41H,9-10,14-15H2,1-4H3,(H,32,34,36)/t20-/m0/s1. The number of pyridine rings is 2. The minimum Gasteiger partial charge on any atom is -0.457 e. The Hall–Kier alpha value is -4.56. The molecule has 1 aliphatic heterocycles. The van der Waals surface area contributed by atoms with E-state index in [2.05, 4.69) is 41.3 Å². The van der Waals surface area contributed by atoms with Crippen LogP contribution in [0.3, 0.4) is 0 Å². The fraction of sp³-hybridized carbons (Fsp3) is 0.333. The monoisotopic (exact) mass is 661 g/mol. The molecule has 13 nitrogen and oxygen atoms in total. The largest absolute Gasteiger partial charge is 0.457 e. The van der Waals surface area contributed by atoms with E-state index in [1.165, 1.54) is 12.7 Å². The Bertz CT molecular complexity index is 1840. The van der Waals surface area contributed by atoms with E-state index in [-0.39, 0.29) is 6.61 Å². The molecule has 228 valence electrons. The Morgan fingerprint density at radius 3 is 2.73 bits per heavy atom. The normalized spacial score (nSPS) is 15.5. The number of nitrogens with zero attached hydrogens (tertiary/aromatic N) is 8. The molecule has 5 aromatic rings. The third kappa shape index (κ3) is 6.21. The van der Waals surface area contributed by atoms with Crippen molar-refractivity contribution >= 4 is 56.0 Å². The highest BCUT2D eigenvalue weighted by molar-refractivity contribution is 9.10. The average molecular weight is 663 g/mol. The van der Waals surface area contributed by atoms with Gasteiger partial charge < -0.3 is 24.8 Å². The smallest absolute Gasteiger partial charge is 0.410 e. The first kappa shape index (κ1) is 29.5. The van der Waals surface area contributed by atoms with Crippen molar-refractivity contribution in [3.8, 4) is 11.5 Å². The van der Waals surface area contributed by atoms with E-state index in [0.717, 1.165) is 15.7 Å². The first-order chi connectivity index (χ1) is 21.1. The van der Waals surface area contributed by atoms with Gasteiger partial charge in [0.15, 0.2) is 11.5 Å². The summed E-state index contributed by atoms with van der Waals surface area (Å²) in [5.41, 5.74) is 3.04. The molecule has 1 atom stereocenters. The molecule has 1 aliphatic rings. The summed E-state index contributed by atoms with van der Waals surface area (Å²) >= 11 is 3.65. The summed E-state index contributed by atoms with van der Waals surface area (Å²) in [5, 5.41) is 17.6. The van der Waals surface area contributed by atoms with Gasteiger partial charge in [0.2, 0.25) is 0 Å². The fourth-order valence-electron chi connectivity index (χ4n) is 5.00. The van der Waals surface area contributed by atoms with Gasteiger partial charge in [-0.25, -0.2) is 29.2 Å². The van der Waals surface area contributed by atoms with Crippen molar-refractivity contribution in [2.45, 2.75) is 39.3 Å². The molecular formula is C30H32BrN9O4. The van der Waals surface area contributed by atoms with Crippen molar-refractivity contribution in [1.29, 1.82) is 0 Å². The van der Waals surface area contributed by atoms with Gasteiger partial charge in [0, 0.05) is 37.6 Å². The third-order valence-electron chi connectivity index (χ3n) is 7.08. The topological polar surface area (TPSA) is 143 Å². The number of ether oxygens (including phenoxy) is 2. The van der Waals surface area contributed by atoms with Crippen LogP contribution in [0.1, 0.15) is 26.3 Å². The second-order valence-corrected chi connectivity index (χ2v) is 12.3. The highest BCUT2D eigenvalue weighted by Crippen LogP contribution is 2.33. The first-order valence-electron chi connectivity index (χ1n) is 14.1. The number of aliphatic hydroxyl groups excluding tert-OH is 1. The number of halogens is 1. The van der Waals surface area contributed by atoms with Gasteiger partial charge in [-0.3, -0.25) is 4.90 Å². The van der Waals surface area contributed by atoms with Crippen LogP contribution in [0, 0.1) is 6.92 Å². The molecule has 1 amide bonds. The predicted octanol–water partition coefficient (Wildman–Crippen LogP) is 5.09. The number of nitrogens with one attached hydrogen (secondary N) is 1. The Labute approximate surface area is 262 Å². The van der Waals surface area contributed by atoms with Crippen LogP contribution in [0.2, 0.25) is 0 Å². The van der Waals surface area contributed by atoms with Crippen LogP contribution in [0.15, 0.2) is 59.7 Å². The fourth-order valence-corrected chi connectivity index (χ4v) is 5.55. The van der Waals surface area contributed by atoms with Gasteiger partial charge in [-0.05, 0) is 79.5 Å². The highest BCUT2D eigenvalue weighted by Gasteiger charge is 2.34. The summed E-state index contributed by atoms with van der Waals surface area (Å²) in [7, 11) is 0. The molecule has 1 saturated heterocycles. The maximum atomic E-state index is 12.8. The number of fused-ring (bicyclic) bond motifs is 2. The molecule has 2 N–H and O–H groups in total. The van der Waals surface area contributed by atoms with Gasteiger partial charge in [-0.15, -0.1) is 0 Å². The van der Waals surface area contributed by atoms with E-state index in [1.54, 1.807) is 15.6 Å². The molecule has 0 saturated carbocycles. The molecule has 1 fully saturated rings. The first-order valence-corrected chi connectivity index (χ1v) is 14.9. The minimum atomic E-state index is -0.625. The summed E-state index contributed by atoms with van der Waals surface area (Å²) in [4.78, 5) is 34.5. The van der Waals surface area contributed by atoms with E-state index >= 15 is 0 Å². The number of carbonyl (C=O) groups is 1. The predicted molar refractivity (Wildman–Crippen MR) is 169 cm³/mol. The molecule has 44 heavy (non-hydrogen) atoms. The number of aryl methyl sites for hydroxylation is 1. The van der Waals surface area contributed by atoms with Crippen LogP contribution in [-0.2, 0) is 4.74 Å². The number of hydrogen-bond donors (Lipinski definition) is 2. The lowest BCUT2D eigenvalue weighted by atomic mass is 10.1. The van der Waals surface area contributed by atoms with Crippen molar-refractivity contribution in [2.24, 2.45) is 0 Å². The van der Waals surface area contributed by atoms with Gasteiger partial charge in [0.1, 0.15) is 41.1 Å². The number of rotatable bonds is 6. The SMILES string of the molecule is Cc1cc(Nc2ncnc3cc(Br)c(N4CCN(C(=O)OC(C)(C)C)[C@H](CO)C4)nc23)ccc1Oc1ccn2ncnc2c1. The number of piperazine rings is 1. The van der Waals surface area contributed by atoms with Gasteiger partial charge in [0.05, 0.1) is 22.6 Å². The molecular weight excluding hydrogens is 630 g/mol. The van der Waals surface area contributed by atoms with E-state index in [9.17, 15) is 9.90 Å². The zero-order valence-corrected chi connectivity index (χ0v) is 26.3. The number of benzene rings is 1. The molecule has 1 aromatic carbocycles. The van der Waals surface area contributed by atoms with Crippen molar-refractivity contribution in [2.75, 3.05) is 36.5 Å². The van der Waals surface area contributed by atoms with E-state index in [0.29, 0.717) is 59.4 Å². The van der Waals surface area contributed by atoms with Crippen molar-refractivity contribution in [3.05, 3.63) is 65.3 Å². The number of aromatic nitrogens is 6. The molecule has 0 aliphatic carbocycles. The van der Waals surface area contributed by atoms with Gasteiger partial charge in [-0.1, -0.05) is 0 Å². The van der Waals surface area contributed by atoms with E-state index < -0.39 is 17.7 Å². The van der Waals surface area contributed by atoms with Crippen molar-refractivity contribution in [1.82, 2.24) is 34.4 Å². The summed E-state index contributed by atoms with van der Waals surface area (Å²) in [6.45, 7) is 8.50. The number of anilines is 3. The van der Waals surface area contributed by atoms with Crippen LogP contribution in [-0.4, -0.2) is 83.5 Å². The highest BCUT2D eigenvalue weighted by atomic mass is 79.9. The Balaban J connectivity index is 1.22. The second kappa shape index (κ2) is 11.8. The van der Waals surface area contributed by atoms with Crippen molar-refractivity contribution in [3.63, 3.8) is 0 Å². The molecule has 0 spiro atoms. The van der Waals surface area contributed by atoms with Gasteiger partial charge in [0.25, 0.3) is 0 Å². The van der Waals surface area contributed by atoms with Crippen LogP contribution < -0.4 is 15.0 Å². The van der Waals surface area contributed by atoms with Crippen LogP contribution in [0.25, 0.3) is 16.7 Å². The Morgan fingerprint density at radius 1 is 1.11 bits per heavy atom. The molecule has 0 radical (unpaired) electrons. The molecule has 6 rings (SSSR count). The molecule has 14 heteroatoms. The van der Waals surface area contributed by atoms with E-state index in [4.69, 9.17) is 14.5 Å².